The van der Waals surface area contributed by atoms with Crippen LogP contribution in [-0.2, 0) is 0 Å². The van der Waals surface area contributed by atoms with Gasteiger partial charge in [-0.3, -0.25) is 0 Å². The van der Waals surface area contributed by atoms with E-state index in [9.17, 15) is 0 Å². The summed E-state index contributed by atoms with van der Waals surface area (Å²) in [5.41, 5.74) is 12.5. The Bertz CT molecular complexity index is 588. The van der Waals surface area contributed by atoms with Crippen molar-refractivity contribution in [2.24, 2.45) is 0 Å². The lowest BCUT2D eigenvalue weighted by molar-refractivity contribution is 0.412. The third-order valence-electron chi connectivity index (χ3n) is 3.37. The number of methoxy groups -OCH3 is 1. The van der Waals surface area contributed by atoms with Crippen LogP contribution in [-0.4, -0.2) is 7.11 Å². The highest BCUT2D eigenvalue weighted by Crippen LogP contribution is 2.38. The van der Waals surface area contributed by atoms with Gasteiger partial charge in [0.2, 0.25) is 0 Å². The first kappa shape index (κ1) is 12.5. The second kappa shape index (κ2) is 4.73. The van der Waals surface area contributed by atoms with Gasteiger partial charge in [-0.1, -0.05) is 18.2 Å². The van der Waals surface area contributed by atoms with Crippen molar-refractivity contribution in [2.45, 2.75) is 20.8 Å². The fraction of sp³-hybridized carbons (Fsp3) is 0.250. The molecule has 0 amide bonds. The molecule has 2 aromatic rings. The summed E-state index contributed by atoms with van der Waals surface area (Å²) in [5, 5.41) is 0. The third kappa shape index (κ3) is 2.06. The van der Waals surface area contributed by atoms with E-state index in [0.717, 1.165) is 22.6 Å². The van der Waals surface area contributed by atoms with Crippen LogP contribution in [0.15, 0.2) is 30.3 Å². The molecule has 0 fully saturated rings. The molecule has 0 heterocycles. The summed E-state index contributed by atoms with van der Waals surface area (Å²) in [7, 11) is 1.72. The Balaban J connectivity index is 2.74. The van der Waals surface area contributed by atoms with E-state index >= 15 is 0 Å². The summed E-state index contributed by atoms with van der Waals surface area (Å²) in [4.78, 5) is 0. The molecular weight excluding hydrogens is 222 g/mol. The maximum atomic E-state index is 5.86. The zero-order chi connectivity index (χ0) is 13.3. The molecule has 0 spiro atoms. The standard InChI is InChI=1S/C16H19NO/c1-10-8-11(2)15(16(18-4)12(10)3)13-6-5-7-14(17)9-13/h5-9H,17H2,1-4H3. The molecule has 2 nitrogen and oxygen atoms in total. The molecule has 0 saturated carbocycles. The van der Waals surface area contributed by atoms with Gasteiger partial charge in [-0.15, -0.1) is 0 Å². The highest BCUT2D eigenvalue weighted by atomic mass is 16.5. The van der Waals surface area contributed by atoms with Crippen LogP contribution in [0.3, 0.4) is 0 Å². The van der Waals surface area contributed by atoms with Crippen LogP contribution in [0.25, 0.3) is 11.1 Å². The van der Waals surface area contributed by atoms with Gasteiger partial charge in [0.1, 0.15) is 5.75 Å². The van der Waals surface area contributed by atoms with Crippen LogP contribution in [0.5, 0.6) is 5.75 Å². The number of hydrogen-bond donors (Lipinski definition) is 1. The summed E-state index contributed by atoms with van der Waals surface area (Å²) in [6.07, 6.45) is 0. The molecule has 2 rings (SSSR count). The molecular formula is C16H19NO. The van der Waals surface area contributed by atoms with Gasteiger partial charge < -0.3 is 10.5 Å². The molecule has 2 heteroatoms. The lowest BCUT2D eigenvalue weighted by Crippen LogP contribution is -1.97. The molecule has 18 heavy (non-hydrogen) atoms. The van der Waals surface area contributed by atoms with Gasteiger partial charge in [0.15, 0.2) is 0 Å². The molecule has 0 saturated heterocycles. The molecule has 0 radical (unpaired) electrons. The average molecular weight is 241 g/mol. The van der Waals surface area contributed by atoms with Crippen molar-refractivity contribution in [1.82, 2.24) is 0 Å². The first-order valence-corrected chi connectivity index (χ1v) is 6.05. The lowest BCUT2D eigenvalue weighted by Gasteiger charge is -2.17. The molecule has 2 aromatic carbocycles. The minimum atomic E-state index is 0.771. The summed E-state index contributed by atoms with van der Waals surface area (Å²) in [6, 6.07) is 10.1. The zero-order valence-corrected chi connectivity index (χ0v) is 11.4. The first-order chi connectivity index (χ1) is 8.54. The summed E-state index contributed by atoms with van der Waals surface area (Å²) < 4.78 is 5.59. The quantitative estimate of drug-likeness (QED) is 0.810. The van der Waals surface area contributed by atoms with E-state index < -0.39 is 0 Å². The molecule has 2 N–H and O–H groups in total. The van der Waals surface area contributed by atoms with E-state index in [0.29, 0.717) is 0 Å². The Kier molecular flexibility index (Phi) is 3.28. The highest BCUT2D eigenvalue weighted by molar-refractivity contribution is 5.78. The van der Waals surface area contributed by atoms with Gasteiger partial charge in [0, 0.05) is 11.3 Å². The molecule has 0 aromatic heterocycles. The van der Waals surface area contributed by atoms with Crippen molar-refractivity contribution in [3.05, 3.63) is 47.0 Å². The Hall–Kier alpha value is -1.96. The van der Waals surface area contributed by atoms with Gasteiger partial charge in [0.25, 0.3) is 0 Å². The molecule has 0 unspecified atom stereocenters. The number of benzene rings is 2. The molecule has 0 bridgehead atoms. The van der Waals surface area contributed by atoms with E-state index in [1.807, 2.05) is 18.2 Å². The minimum Gasteiger partial charge on any atom is -0.496 e. The van der Waals surface area contributed by atoms with Crippen LogP contribution in [0.2, 0.25) is 0 Å². The normalized spacial score (nSPS) is 10.4. The Morgan fingerprint density at radius 2 is 1.72 bits per heavy atom. The van der Waals surface area contributed by atoms with Gasteiger partial charge >= 0.3 is 0 Å². The fourth-order valence-corrected chi connectivity index (χ4v) is 2.36. The van der Waals surface area contributed by atoms with Crippen molar-refractivity contribution in [2.75, 3.05) is 12.8 Å². The molecule has 0 aliphatic rings. The minimum absolute atomic E-state index is 0.771. The first-order valence-electron chi connectivity index (χ1n) is 6.05. The van der Waals surface area contributed by atoms with Crippen LogP contribution < -0.4 is 10.5 Å². The van der Waals surface area contributed by atoms with Crippen LogP contribution >= 0.6 is 0 Å². The predicted molar refractivity (Wildman–Crippen MR) is 77.1 cm³/mol. The number of hydrogen-bond acceptors (Lipinski definition) is 2. The van der Waals surface area contributed by atoms with E-state index in [2.05, 4.69) is 32.9 Å². The van der Waals surface area contributed by atoms with Crippen molar-refractivity contribution in [1.29, 1.82) is 0 Å². The molecule has 0 aliphatic heterocycles. The number of nitrogen functional groups attached to an aromatic ring is 1. The number of rotatable bonds is 2. The Morgan fingerprint density at radius 1 is 1.00 bits per heavy atom. The average Bonchev–Trinajstić information content (AvgIpc) is 2.33. The zero-order valence-electron chi connectivity index (χ0n) is 11.4. The lowest BCUT2D eigenvalue weighted by atomic mass is 9.94. The van der Waals surface area contributed by atoms with Crippen molar-refractivity contribution >= 4 is 5.69 Å². The largest absolute Gasteiger partial charge is 0.496 e. The van der Waals surface area contributed by atoms with Crippen molar-refractivity contribution in [3.8, 4) is 16.9 Å². The number of anilines is 1. The highest BCUT2D eigenvalue weighted by Gasteiger charge is 2.14. The molecule has 0 atom stereocenters. The van der Waals surface area contributed by atoms with Crippen LogP contribution in [0.4, 0.5) is 5.69 Å². The topological polar surface area (TPSA) is 35.2 Å². The van der Waals surface area contributed by atoms with Gasteiger partial charge in [-0.2, -0.15) is 0 Å². The van der Waals surface area contributed by atoms with Crippen molar-refractivity contribution < 1.29 is 4.74 Å². The SMILES string of the molecule is COc1c(C)c(C)cc(C)c1-c1cccc(N)c1. The maximum absolute atomic E-state index is 5.86. The summed E-state index contributed by atoms with van der Waals surface area (Å²) >= 11 is 0. The van der Waals surface area contributed by atoms with Crippen LogP contribution in [0, 0.1) is 20.8 Å². The second-order valence-electron chi connectivity index (χ2n) is 4.67. The summed E-state index contributed by atoms with van der Waals surface area (Å²) in [5.74, 6) is 0.943. The Morgan fingerprint density at radius 3 is 2.33 bits per heavy atom. The van der Waals surface area contributed by atoms with E-state index in [-0.39, 0.29) is 0 Å². The number of nitrogens with two attached hydrogens (primary N) is 1. The fourth-order valence-electron chi connectivity index (χ4n) is 2.36. The van der Waals surface area contributed by atoms with Crippen LogP contribution in [0.1, 0.15) is 16.7 Å². The van der Waals surface area contributed by atoms with Gasteiger partial charge in [0.05, 0.1) is 7.11 Å². The second-order valence-corrected chi connectivity index (χ2v) is 4.67. The third-order valence-corrected chi connectivity index (χ3v) is 3.37. The Labute approximate surface area is 108 Å². The van der Waals surface area contributed by atoms with Gasteiger partial charge in [-0.25, -0.2) is 0 Å². The maximum Gasteiger partial charge on any atom is 0.130 e. The smallest absolute Gasteiger partial charge is 0.130 e. The molecule has 0 aliphatic carbocycles. The predicted octanol–water partition coefficient (Wildman–Crippen LogP) is 3.87. The van der Waals surface area contributed by atoms with E-state index in [1.165, 1.54) is 16.7 Å². The number of aryl methyl sites for hydroxylation is 2. The molecule has 94 valence electrons. The number of ether oxygens (including phenoxy) is 1. The summed E-state index contributed by atoms with van der Waals surface area (Å²) in [6.45, 7) is 6.30. The van der Waals surface area contributed by atoms with Crippen molar-refractivity contribution in [3.63, 3.8) is 0 Å². The van der Waals surface area contributed by atoms with E-state index in [1.54, 1.807) is 7.11 Å². The van der Waals surface area contributed by atoms with E-state index in [4.69, 9.17) is 10.5 Å². The monoisotopic (exact) mass is 241 g/mol. The van der Waals surface area contributed by atoms with Gasteiger partial charge in [-0.05, 0) is 55.2 Å².